The molecule has 1 aliphatic rings. The van der Waals surface area contributed by atoms with Gasteiger partial charge in [0.05, 0.1) is 19.0 Å². The second-order valence-electron chi connectivity index (χ2n) is 3.64. The summed E-state index contributed by atoms with van der Waals surface area (Å²) in [6.07, 6.45) is 1.23. The Hall–Kier alpha value is -0.170. The molecule has 0 radical (unpaired) electrons. The molecule has 0 unspecified atom stereocenters. The molecule has 0 amide bonds. The van der Waals surface area contributed by atoms with Gasteiger partial charge in [-0.2, -0.15) is 4.31 Å². The van der Waals surface area contributed by atoms with Gasteiger partial charge < -0.3 is 4.74 Å². The summed E-state index contributed by atoms with van der Waals surface area (Å²) in [6, 6.07) is 0. The number of carbonyl (C=O) groups is 1. The molecule has 0 spiro atoms. The first-order chi connectivity index (χ1) is 7.52. The molecule has 1 saturated heterocycles. The van der Waals surface area contributed by atoms with Crippen LogP contribution in [0.15, 0.2) is 0 Å². The first-order valence-electron chi connectivity index (χ1n) is 5.26. The van der Waals surface area contributed by atoms with Crippen LogP contribution in [0.2, 0.25) is 0 Å². The van der Waals surface area contributed by atoms with Crippen molar-refractivity contribution in [3.8, 4) is 0 Å². The average molecular weight is 270 g/mol. The van der Waals surface area contributed by atoms with Crippen molar-refractivity contribution < 1.29 is 17.9 Å². The van der Waals surface area contributed by atoms with Crippen LogP contribution in [0.4, 0.5) is 0 Å². The SMILES string of the molecule is O=C(Cl)CCCCS(=O)(=O)N1CCOCC1. The van der Waals surface area contributed by atoms with Gasteiger partial charge in [-0.3, -0.25) is 4.79 Å². The van der Waals surface area contributed by atoms with Gasteiger partial charge in [-0.15, -0.1) is 0 Å². The lowest BCUT2D eigenvalue weighted by molar-refractivity contribution is -0.111. The van der Waals surface area contributed by atoms with Gasteiger partial charge in [0, 0.05) is 19.5 Å². The number of rotatable bonds is 6. The van der Waals surface area contributed by atoms with Crippen LogP contribution in [0.3, 0.4) is 0 Å². The number of carbonyl (C=O) groups excluding carboxylic acids is 1. The van der Waals surface area contributed by atoms with Gasteiger partial charge in [0.1, 0.15) is 0 Å². The van der Waals surface area contributed by atoms with E-state index in [0.717, 1.165) is 0 Å². The Balaban J connectivity index is 2.30. The normalized spacial score (nSPS) is 18.6. The van der Waals surface area contributed by atoms with Crippen LogP contribution in [-0.2, 0) is 19.6 Å². The van der Waals surface area contributed by atoms with E-state index in [4.69, 9.17) is 16.3 Å². The molecule has 7 heteroatoms. The smallest absolute Gasteiger partial charge is 0.221 e. The van der Waals surface area contributed by atoms with Crippen LogP contribution in [-0.4, -0.2) is 50.0 Å². The molecule has 0 saturated carbocycles. The first kappa shape index (κ1) is 13.9. The van der Waals surface area contributed by atoms with E-state index >= 15 is 0 Å². The number of unbranched alkanes of at least 4 members (excludes halogenated alkanes) is 1. The molecule has 16 heavy (non-hydrogen) atoms. The molecule has 1 aliphatic heterocycles. The summed E-state index contributed by atoms with van der Waals surface area (Å²) in [5.41, 5.74) is 0. The maximum Gasteiger partial charge on any atom is 0.221 e. The lowest BCUT2D eigenvalue weighted by Crippen LogP contribution is -2.41. The van der Waals surface area contributed by atoms with E-state index in [2.05, 4.69) is 0 Å². The van der Waals surface area contributed by atoms with Crippen molar-refractivity contribution in [1.29, 1.82) is 0 Å². The van der Waals surface area contributed by atoms with Crippen molar-refractivity contribution in [3.05, 3.63) is 0 Å². The molecule has 1 rings (SSSR count). The van der Waals surface area contributed by atoms with Crippen molar-refractivity contribution in [3.63, 3.8) is 0 Å². The first-order valence-corrected chi connectivity index (χ1v) is 7.25. The van der Waals surface area contributed by atoms with Crippen molar-refractivity contribution in [2.75, 3.05) is 32.1 Å². The topological polar surface area (TPSA) is 63.7 Å². The Morgan fingerprint density at radius 2 is 1.88 bits per heavy atom. The Kier molecular flexibility index (Phi) is 5.68. The molecule has 0 aromatic carbocycles. The molecule has 0 aliphatic carbocycles. The largest absolute Gasteiger partial charge is 0.379 e. The third-order valence-electron chi connectivity index (χ3n) is 2.39. The number of morpholine rings is 1. The minimum atomic E-state index is -3.18. The Labute approximate surface area is 101 Å². The van der Waals surface area contributed by atoms with Gasteiger partial charge in [0.15, 0.2) is 0 Å². The van der Waals surface area contributed by atoms with Crippen LogP contribution in [0.25, 0.3) is 0 Å². The highest BCUT2D eigenvalue weighted by Gasteiger charge is 2.23. The van der Waals surface area contributed by atoms with E-state index in [-0.39, 0.29) is 12.2 Å². The highest BCUT2D eigenvalue weighted by Crippen LogP contribution is 2.09. The van der Waals surface area contributed by atoms with Gasteiger partial charge in [-0.25, -0.2) is 8.42 Å². The van der Waals surface area contributed by atoms with Crippen LogP contribution < -0.4 is 0 Å². The van der Waals surface area contributed by atoms with E-state index in [1.165, 1.54) is 4.31 Å². The maximum absolute atomic E-state index is 11.8. The summed E-state index contributed by atoms with van der Waals surface area (Å²) >= 11 is 5.16. The van der Waals surface area contributed by atoms with Crippen LogP contribution >= 0.6 is 11.6 Å². The minimum Gasteiger partial charge on any atom is -0.379 e. The second kappa shape index (κ2) is 6.54. The Morgan fingerprint density at radius 1 is 1.25 bits per heavy atom. The van der Waals surface area contributed by atoms with E-state index in [0.29, 0.717) is 39.1 Å². The predicted molar refractivity (Wildman–Crippen MR) is 60.9 cm³/mol. The van der Waals surface area contributed by atoms with Crippen molar-refractivity contribution in [2.24, 2.45) is 0 Å². The van der Waals surface area contributed by atoms with Gasteiger partial charge in [-0.1, -0.05) is 0 Å². The molecule has 0 bridgehead atoms. The van der Waals surface area contributed by atoms with E-state index in [1.54, 1.807) is 0 Å². The predicted octanol–water partition coefficient (Wildman–Crippen LogP) is 0.584. The van der Waals surface area contributed by atoms with Gasteiger partial charge in [0.2, 0.25) is 15.3 Å². The Bertz CT molecular complexity index is 324. The zero-order valence-electron chi connectivity index (χ0n) is 9.02. The fraction of sp³-hybridized carbons (Fsp3) is 0.889. The standard InChI is InChI=1S/C9H16ClNO4S/c10-9(12)3-1-2-8-16(13,14)11-4-6-15-7-5-11/h1-8H2. The van der Waals surface area contributed by atoms with Gasteiger partial charge in [-0.05, 0) is 24.4 Å². The number of halogens is 1. The lowest BCUT2D eigenvalue weighted by atomic mass is 10.3. The summed E-state index contributed by atoms with van der Waals surface area (Å²) in [6.45, 7) is 1.77. The molecular weight excluding hydrogens is 254 g/mol. The molecule has 1 fully saturated rings. The van der Waals surface area contributed by atoms with Crippen molar-refractivity contribution >= 4 is 26.9 Å². The van der Waals surface area contributed by atoms with E-state index in [1.807, 2.05) is 0 Å². The molecule has 0 atom stereocenters. The summed E-state index contributed by atoms with van der Waals surface area (Å²) in [4.78, 5) is 10.5. The highest BCUT2D eigenvalue weighted by molar-refractivity contribution is 7.89. The van der Waals surface area contributed by atoms with Crippen molar-refractivity contribution in [1.82, 2.24) is 4.31 Å². The molecular formula is C9H16ClNO4S. The number of nitrogens with zero attached hydrogens (tertiary/aromatic N) is 1. The third-order valence-corrected chi connectivity index (χ3v) is 4.53. The molecule has 0 aromatic heterocycles. The van der Waals surface area contributed by atoms with Crippen LogP contribution in [0, 0.1) is 0 Å². The van der Waals surface area contributed by atoms with Crippen molar-refractivity contribution in [2.45, 2.75) is 19.3 Å². The summed E-state index contributed by atoms with van der Waals surface area (Å²) in [7, 11) is -3.18. The molecule has 1 heterocycles. The molecule has 94 valence electrons. The van der Waals surface area contributed by atoms with Crippen LogP contribution in [0.5, 0.6) is 0 Å². The molecule has 0 N–H and O–H groups in total. The van der Waals surface area contributed by atoms with Gasteiger partial charge >= 0.3 is 0 Å². The monoisotopic (exact) mass is 269 g/mol. The maximum atomic E-state index is 11.8. The molecule has 0 aromatic rings. The van der Waals surface area contributed by atoms with Crippen LogP contribution in [0.1, 0.15) is 19.3 Å². The fourth-order valence-corrected chi connectivity index (χ4v) is 3.17. The number of hydrogen-bond acceptors (Lipinski definition) is 4. The second-order valence-corrected chi connectivity index (χ2v) is 6.15. The number of sulfonamides is 1. The molecule has 5 nitrogen and oxygen atoms in total. The third kappa shape index (κ3) is 4.78. The fourth-order valence-electron chi connectivity index (χ4n) is 1.50. The average Bonchev–Trinajstić information content (AvgIpc) is 2.26. The lowest BCUT2D eigenvalue weighted by Gasteiger charge is -2.25. The van der Waals surface area contributed by atoms with Gasteiger partial charge in [0.25, 0.3) is 0 Å². The summed E-state index contributed by atoms with van der Waals surface area (Å²) in [5, 5.41) is -0.413. The quantitative estimate of drug-likeness (QED) is 0.523. The Morgan fingerprint density at radius 3 is 2.44 bits per heavy atom. The highest BCUT2D eigenvalue weighted by atomic mass is 35.5. The zero-order valence-corrected chi connectivity index (χ0v) is 10.6. The number of ether oxygens (including phenoxy) is 1. The number of hydrogen-bond donors (Lipinski definition) is 0. The van der Waals surface area contributed by atoms with E-state index in [9.17, 15) is 13.2 Å². The summed E-state index contributed by atoms with van der Waals surface area (Å²) in [5.74, 6) is 0.0805. The van der Waals surface area contributed by atoms with E-state index < -0.39 is 15.3 Å². The zero-order chi connectivity index (χ0) is 12.0. The minimum absolute atomic E-state index is 0.0805. The summed E-state index contributed by atoms with van der Waals surface area (Å²) < 4.78 is 30.1.